The van der Waals surface area contributed by atoms with E-state index in [1.165, 1.54) is 6.20 Å². The van der Waals surface area contributed by atoms with Crippen molar-refractivity contribution in [2.75, 3.05) is 6.26 Å². The Labute approximate surface area is 126 Å². The molecule has 0 atom stereocenters. The van der Waals surface area contributed by atoms with Gasteiger partial charge in [-0.15, -0.1) is 0 Å². The van der Waals surface area contributed by atoms with E-state index in [0.717, 1.165) is 6.26 Å². The van der Waals surface area contributed by atoms with Crippen molar-refractivity contribution >= 4 is 33.7 Å². The fraction of sp³-hybridized carbons (Fsp3) is 0.0769. The number of hydrogen-bond acceptors (Lipinski definition) is 4. The minimum absolute atomic E-state index is 0.0184. The zero-order valence-corrected chi connectivity index (χ0v) is 12.7. The van der Waals surface area contributed by atoms with Gasteiger partial charge in [-0.25, -0.2) is 8.42 Å². The summed E-state index contributed by atoms with van der Waals surface area (Å²) in [4.78, 5) is 2.65. The van der Waals surface area contributed by atoms with E-state index in [0.29, 0.717) is 10.6 Å². The summed E-state index contributed by atoms with van der Waals surface area (Å²) in [6.45, 7) is 0. The lowest BCUT2D eigenvalue weighted by atomic mass is 10.0. The molecular weight excluding hydrogens is 316 g/mol. The molecule has 0 saturated heterocycles. The first-order valence-corrected chi connectivity index (χ1v) is 8.14. The average molecular weight is 325 g/mol. The highest BCUT2D eigenvalue weighted by molar-refractivity contribution is 7.90. The Balaban J connectivity index is 2.96. The van der Waals surface area contributed by atoms with E-state index in [2.05, 4.69) is 4.98 Å². The number of nitriles is 1. The van der Waals surface area contributed by atoms with Crippen molar-refractivity contribution in [3.8, 4) is 17.2 Å². The predicted molar refractivity (Wildman–Crippen MR) is 79.9 cm³/mol. The van der Waals surface area contributed by atoms with Crippen molar-refractivity contribution in [3.05, 3.63) is 45.7 Å². The fourth-order valence-electron chi connectivity index (χ4n) is 1.84. The van der Waals surface area contributed by atoms with Crippen LogP contribution in [0.5, 0.6) is 0 Å². The first-order valence-electron chi connectivity index (χ1n) is 5.46. The molecule has 0 bridgehead atoms. The molecule has 1 N–H and O–H groups in total. The molecule has 0 aliphatic heterocycles. The lowest BCUT2D eigenvalue weighted by Crippen LogP contribution is -2.03. The molecule has 0 aliphatic rings. The summed E-state index contributed by atoms with van der Waals surface area (Å²) < 4.78 is 24.0. The van der Waals surface area contributed by atoms with Crippen LogP contribution >= 0.6 is 23.8 Å². The molecule has 0 fully saturated rings. The van der Waals surface area contributed by atoms with Crippen LogP contribution in [-0.4, -0.2) is 19.7 Å². The Morgan fingerprint density at radius 2 is 2.10 bits per heavy atom. The van der Waals surface area contributed by atoms with E-state index in [1.54, 1.807) is 24.3 Å². The van der Waals surface area contributed by atoms with Gasteiger partial charge in [0, 0.05) is 23.0 Å². The quantitative estimate of drug-likeness (QED) is 0.860. The number of nitrogens with zero attached hydrogens (tertiary/aromatic N) is 1. The molecule has 7 heteroatoms. The van der Waals surface area contributed by atoms with Crippen LogP contribution in [0.25, 0.3) is 11.1 Å². The Morgan fingerprint density at radius 3 is 2.65 bits per heavy atom. The lowest BCUT2D eigenvalue weighted by molar-refractivity contribution is 0.601. The Kier molecular flexibility index (Phi) is 3.95. The molecule has 0 amide bonds. The van der Waals surface area contributed by atoms with Crippen LogP contribution in [-0.2, 0) is 9.84 Å². The molecule has 0 unspecified atom stereocenters. The number of aromatic nitrogens is 1. The predicted octanol–water partition coefficient (Wildman–Crippen LogP) is 3.34. The van der Waals surface area contributed by atoms with Gasteiger partial charge >= 0.3 is 0 Å². The molecule has 4 nitrogen and oxygen atoms in total. The second kappa shape index (κ2) is 5.37. The van der Waals surface area contributed by atoms with Gasteiger partial charge < -0.3 is 4.98 Å². The zero-order chi connectivity index (χ0) is 14.9. The monoisotopic (exact) mass is 324 g/mol. The molecular formula is C13H9ClN2O2S2. The molecule has 2 rings (SSSR count). The van der Waals surface area contributed by atoms with Gasteiger partial charge in [0.05, 0.1) is 10.5 Å². The highest BCUT2D eigenvalue weighted by Crippen LogP contribution is 2.32. The molecule has 0 spiro atoms. The van der Waals surface area contributed by atoms with Gasteiger partial charge in [0.2, 0.25) is 0 Å². The summed E-state index contributed by atoms with van der Waals surface area (Å²) in [6, 6.07) is 8.59. The minimum atomic E-state index is -3.52. The number of pyridine rings is 1. The third-order valence-electron chi connectivity index (χ3n) is 2.68. The number of H-pyrrole nitrogens is 1. The molecule has 1 heterocycles. The summed E-state index contributed by atoms with van der Waals surface area (Å²) in [5, 5.41) is 9.70. The number of nitrogens with one attached hydrogen (secondary N) is 1. The minimum Gasteiger partial charge on any atom is -0.350 e. The van der Waals surface area contributed by atoms with Gasteiger partial charge in [0.15, 0.2) is 9.84 Å². The van der Waals surface area contributed by atoms with Crippen molar-refractivity contribution in [2.24, 2.45) is 0 Å². The number of benzene rings is 1. The highest BCUT2D eigenvalue weighted by atomic mass is 35.5. The van der Waals surface area contributed by atoms with Crippen LogP contribution in [0.15, 0.2) is 35.4 Å². The van der Waals surface area contributed by atoms with Crippen LogP contribution in [0, 0.1) is 16.0 Å². The van der Waals surface area contributed by atoms with Crippen molar-refractivity contribution in [2.45, 2.75) is 4.90 Å². The average Bonchev–Trinajstić information content (AvgIpc) is 2.36. The van der Waals surface area contributed by atoms with Crippen molar-refractivity contribution < 1.29 is 8.42 Å². The van der Waals surface area contributed by atoms with Gasteiger partial charge in [-0.05, 0) is 17.7 Å². The largest absolute Gasteiger partial charge is 0.350 e. The molecule has 0 aliphatic carbocycles. The number of hydrogen-bond donors (Lipinski definition) is 1. The molecule has 0 radical (unpaired) electrons. The Bertz CT molecular complexity index is 880. The van der Waals surface area contributed by atoms with Crippen LogP contribution in [0.2, 0.25) is 5.02 Å². The first kappa shape index (κ1) is 14.7. The maximum atomic E-state index is 11.9. The third-order valence-corrected chi connectivity index (χ3v) is 4.36. The maximum Gasteiger partial charge on any atom is 0.177 e. The highest BCUT2D eigenvalue weighted by Gasteiger charge is 2.20. The maximum absolute atomic E-state index is 11.9. The van der Waals surface area contributed by atoms with Crippen molar-refractivity contribution in [1.82, 2.24) is 4.98 Å². The van der Waals surface area contributed by atoms with Crippen LogP contribution < -0.4 is 0 Å². The van der Waals surface area contributed by atoms with Crippen LogP contribution in [0.4, 0.5) is 0 Å². The summed E-state index contributed by atoms with van der Waals surface area (Å²) in [5.74, 6) is 0. The molecule has 1 aromatic carbocycles. The van der Waals surface area contributed by atoms with Crippen LogP contribution in [0.3, 0.4) is 0 Å². The molecule has 1 aromatic heterocycles. The summed E-state index contributed by atoms with van der Waals surface area (Å²) in [6.07, 6.45) is 2.38. The SMILES string of the molecule is CS(=O)(=O)c1c[nH]c(=S)c(C#N)c1-c1cccc(Cl)c1. The summed E-state index contributed by atoms with van der Waals surface area (Å²) in [5.41, 5.74) is 0.931. The van der Waals surface area contributed by atoms with Gasteiger partial charge in [0.25, 0.3) is 0 Å². The second-order valence-corrected chi connectivity index (χ2v) is 6.96. The number of aromatic amines is 1. The van der Waals surface area contributed by atoms with Gasteiger partial charge in [-0.1, -0.05) is 36.0 Å². The van der Waals surface area contributed by atoms with Crippen molar-refractivity contribution in [3.63, 3.8) is 0 Å². The lowest BCUT2D eigenvalue weighted by Gasteiger charge is -2.10. The van der Waals surface area contributed by atoms with Gasteiger partial charge in [0.1, 0.15) is 10.7 Å². The van der Waals surface area contributed by atoms with E-state index < -0.39 is 9.84 Å². The first-order chi connectivity index (χ1) is 9.34. The topological polar surface area (TPSA) is 73.7 Å². The van der Waals surface area contributed by atoms with E-state index in [9.17, 15) is 13.7 Å². The molecule has 20 heavy (non-hydrogen) atoms. The number of rotatable bonds is 2. The van der Waals surface area contributed by atoms with Gasteiger partial charge in [-0.3, -0.25) is 0 Å². The molecule has 2 aromatic rings. The van der Waals surface area contributed by atoms with E-state index >= 15 is 0 Å². The number of sulfone groups is 1. The van der Waals surface area contributed by atoms with Gasteiger partial charge in [-0.2, -0.15) is 5.26 Å². The Morgan fingerprint density at radius 1 is 1.40 bits per heavy atom. The van der Waals surface area contributed by atoms with Crippen LogP contribution in [0.1, 0.15) is 5.56 Å². The fourth-order valence-corrected chi connectivity index (χ4v) is 3.10. The third kappa shape index (κ3) is 2.75. The zero-order valence-electron chi connectivity index (χ0n) is 10.3. The summed E-state index contributed by atoms with van der Waals surface area (Å²) in [7, 11) is -3.52. The standard InChI is InChI=1S/C13H9ClN2O2S2/c1-20(17,18)11-7-16-13(19)10(6-15)12(11)8-3-2-4-9(14)5-8/h2-5,7H,1H3,(H,16,19). The number of halogens is 1. The normalized spacial score (nSPS) is 11.1. The van der Waals surface area contributed by atoms with Crippen molar-refractivity contribution in [1.29, 1.82) is 5.26 Å². The smallest absolute Gasteiger partial charge is 0.177 e. The second-order valence-electron chi connectivity index (χ2n) is 4.13. The van der Waals surface area contributed by atoms with E-state index in [1.807, 2.05) is 6.07 Å². The molecule has 0 saturated carbocycles. The van der Waals surface area contributed by atoms with E-state index in [-0.39, 0.29) is 20.7 Å². The summed E-state index contributed by atoms with van der Waals surface area (Å²) >= 11 is 11.0. The Hall–Kier alpha value is -1.68. The van der Waals surface area contributed by atoms with E-state index in [4.69, 9.17) is 23.8 Å². The molecule has 102 valence electrons.